The van der Waals surface area contributed by atoms with Gasteiger partial charge in [-0.2, -0.15) is 0 Å². The van der Waals surface area contributed by atoms with Crippen molar-refractivity contribution in [2.45, 2.75) is 19.9 Å². The second-order valence-corrected chi connectivity index (χ2v) is 5.99. The number of amides is 1. The minimum atomic E-state index is -0.487. The molecular weight excluding hydrogens is 331 g/mol. The molecule has 1 amide bonds. The predicted octanol–water partition coefficient (Wildman–Crippen LogP) is 4.18. The lowest BCUT2D eigenvalue weighted by atomic mass is 10.1. The first-order chi connectivity index (χ1) is 12.6. The van der Waals surface area contributed by atoms with Gasteiger partial charge in [-0.25, -0.2) is 4.39 Å². The minimum absolute atomic E-state index is 0.107. The number of carbonyl (C=O) groups is 1. The summed E-state index contributed by atoms with van der Waals surface area (Å²) in [7, 11) is 0. The van der Waals surface area contributed by atoms with E-state index in [0.29, 0.717) is 17.7 Å². The summed E-state index contributed by atoms with van der Waals surface area (Å²) in [5.41, 5.74) is 2.76. The summed E-state index contributed by atoms with van der Waals surface area (Å²) in [6.45, 7) is 2.26. The largest absolute Gasteiger partial charge is 0.453 e. The lowest BCUT2D eigenvalue weighted by molar-refractivity contribution is -0.120. The van der Waals surface area contributed by atoms with Crippen LogP contribution in [0.3, 0.4) is 0 Å². The van der Waals surface area contributed by atoms with Gasteiger partial charge in [0.15, 0.2) is 11.6 Å². The molecule has 3 rings (SSSR count). The van der Waals surface area contributed by atoms with Gasteiger partial charge in [0, 0.05) is 12.7 Å². The monoisotopic (exact) mass is 350 g/mol. The second kappa shape index (κ2) is 8.25. The van der Waals surface area contributed by atoms with Crippen molar-refractivity contribution >= 4 is 5.91 Å². The molecule has 0 fully saturated rings. The number of rotatable bonds is 6. The predicted molar refractivity (Wildman–Crippen MR) is 97.4 cm³/mol. The molecule has 4 nitrogen and oxygen atoms in total. The van der Waals surface area contributed by atoms with E-state index in [4.69, 9.17) is 4.74 Å². The minimum Gasteiger partial charge on any atom is -0.453 e. The normalized spacial score (nSPS) is 10.4. The van der Waals surface area contributed by atoms with Crippen LogP contribution in [0.25, 0.3) is 0 Å². The van der Waals surface area contributed by atoms with Crippen LogP contribution in [-0.4, -0.2) is 10.9 Å². The number of halogens is 1. The number of nitrogens with one attached hydrogen (secondary N) is 1. The number of hydrogen-bond donors (Lipinski definition) is 1. The van der Waals surface area contributed by atoms with Gasteiger partial charge in [-0.1, -0.05) is 35.9 Å². The second-order valence-electron chi connectivity index (χ2n) is 5.99. The maximum atomic E-state index is 14.2. The molecule has 2 aromatic carbocycles. The molecule has 0 unspecified atom stereocenters. The highest BCUT2D eigenvalue weighted by Crippen LogP contribution is 2.24. The molecule has 0 aliphatic heterocycles. The summed E-state index contributed by atoms with van der Waals surface area (Å²) in [5, 5.41) is 2.80. The van der Waals surface area contributed by atoms with Gasteiger partial charge in [0.25, 0.3) is 0 Å². The van der Waals surface area contributed by atoms with Crippen LogP contribution in [-0.2, 0) is 17.8 Å². The maximum absolute atomic E-state index is 14.2. The molecule has 0 spiro atoms. The SMILES string of the molecule is Cc1ccc(CC(=O)NCc2ccc(Oc3cccnc3)c(F)c2)cc1. The zero-order valence-corrected chi connectivity index (χ0v) is 14.4. The summed E-state index contributed by atoms with van der Waals surface area (Å²) >= 11 is 0. The Morgan fingerprint density at radius 3 is 2.58 bits per heavy atom. The lowest BCUT2D eigenvalue weighted by Crippen LogP contribution is -2.24. The molecule has 0 saturated carbocycles. The standard InChI is InChI=1S/C21H19FN2O2/c1-15-4-6-16(7-5-15)12-21(25)24-13-17-8-9-20(19(22)11-17)26-18-3-2-10-23-14-18/h2-11,14H,12-13H2,1H3,(H,24,25). The van der Waals surface area contributed by atoms with Crippen molar-refractivity contribution in [1.82, 2.24) is 10.3 Å². The van der Waals surface area contributed by atoms with Gasteiger partial charge in [0.1, 0.15) is 5.75 Å². The molecule has 0 aliphatic rings. The van der Waals surface area contributed by atoms with Crippen LogP contribution in [0.5, 0.6) is 11.5 Å². The van der Waals surface area contributed by atoms with E-state index in [1.54, 1.807) is 30.5 Å². The third kappa shape index (κ3) is 4.89. The third-order valence-corrected chi connectivity index (χ3v) is 3.83. The molecular formula is C21H19FN2O2. The van der Waals surface area contributed by atoms with Crippen molar-refractivity contribution in [2.75, 3.05) is 0 Å². The molecule has 3 aromatic rings. The molecule has 0 radical (unpaired) electrons. The third-order valence-electron chi connectivity index (χ3n) is 3.83. The van der Waals surface area contributed by atoms with Crippen LogP contribution in [0.2, 0.25) is 0 Å². The molecule has 132 valence electrons. The van der Waals surface area contributed by atoms with E-state index in [0.717, 1.165) is 11.1 Å². The summed E-state index contributed by atoms with van der Waals surface area (Å²) in [6.07, 6.45) is 3.43. The Morgan fingerprint density at radius 1 is 1.12 bits per heavy atom. The van der Waals surface area contributed by atoms with Crippen molar-refractivity contribution in [2.24, 2.45) is 0 Å². The molecule has 5 heteroatoms. The van der Waals surface area contributed by atoms with Crippen molar-refractivity contribution < 1.29 is 13.9 Å². The fourth-order valence-corrected chi connectivity index (χ4v) is 2.43. The molecule has 0 aliphatic carbocycles. The topological polar surface area (TPSA) is 51.2 Å². The summed E-state index contributed by atoms with van der Waals surface area (Å²) in [5.74, 6) is -0.0117. The molecule has 1 N–H and O–H groups in total. The van der Waals surface area contributed by atoms with Gasteiger partial charge in [0.05, 0.1) is 12.6 Å². The Balaban J connectivity index is 1.55. The molecule has 0 saturated heterocycles. The average molecular weight is 350 g/mol. The van der Waals surface area contributed by atoms with Gasteiger partial charge >= 0.3 is 0 Å². The van der Waals surface area contributed by atoms with E-state index in [2.05, 4.69) is 10.3 Å². The Hall–Kier alpha value is -3.21. The Labute approximate surface area is 151 Å². The number of hydrogen-bond acceptors (Lipinski definition) is 3. The van der Waals surface area contributed by atoms with Gasteiger partial charge in [0.2, 0.25) is 5.91 Å². The molecule has 0 bridgehead atoms. The first-order valence-corrected chi connectivity index (χ1v) is 8.29. The zero-order valence-electron chi connectivity index (χ0n) is 14.4. The summed E-state index contributed by atoms with van der Waals surface area (Å²) in [4.78, 5) is 15.9. The summed E-state index contributed by atoms with van der Waals surface area (Å²) in [6, 6.07) is 15.8. The molecule has 1 aromatic heterocycles. The van der Waals surface area contributed by atoms with E-state index in [1.807, 2.05) is 31.2 Å². The van der Waals surface area contributed by atoms with Gasteiger partial charge in [-0.15, -0.1) is 0 Å². The summed E-state index contributed by atoms with van der Waals surface area (Å²) < 4.78 is 19.6. The van der Waals surface area contributed by atoms with E-state index in [-0.39, 0.29) is 18.2 Å². The Bertz CT molecular complexity index is 880. The lowest BCUT2D eigenvalue weighted by Gasteiger charge is -2.09. The fraction of sp³-hybridized carbons (Fsp3) is 0.143. The highest BCUT2D eigenvalue weighted by Gasteiger charge is 2.08. The number of benzene rings is 2. The Morgan fingerprint density at radius 2 is 1.88 bits per heavy atom. The van der Waals surface area contributed by atoms with Crippen molar-refractivity contribution in [3.05, 3.63) is 89.5 Å². The molecule has 1 heterocycles. The number of aryl methyl sites for hydroxylation is 1. The number of pyridine rings is 1. The van der Waals surface area contributed by atoms with Gasteiger partial charge in [-0.05, 0) is 42.3 Å². The van der Waals surface area contributed by atoms with E-state index in [9.17, 15) is 9.18 Å². The smallest absolute Gasteiger partial charge is 0.224 e. The number of ether oxygens (including phenoxy) is 1. The van der Waals surface area contributed by atoms with Crippen LogP contribution in [0.15, 0.2) is 67.0 Å². The number of carbonyl (C=O) groups excluding carboxylic acids is 1. The number of nitrogens with zero attached hydrogens (tertiary/aromatic N) is 1. The molecule has 0 atom stereocenters. The highest BCUT2D eigenvalue weighted by atomic mass is 19.1. The van der Waals surface area contributed by atoms with Crippen molar-refractivity contribution in [3.8, 4) is 11.5 Å². The number of aromatic nitrogens is 1. The zero-order chi connectivity index (χ0) is 18.4. The van der Waals surface area contributed by atoms with Crippen molar-refractivity contribution in [1.29, 1.82) is 0 Å². The maximum Gasteiger partial charge on any atom is 0.224 e. The van der Waals surface area contributed by atoms with E-state index in [1.165, 1.54) is 12.3 Å². The van der Waals surface area contributed by atoms with Crippen LogP contribution >= 0.6 is 0 Å². The Kier molecular flexibility index (Phi) is 5.59. The highest BCUT2D eigenvalue weighted by molar-refractivity contribution is 5.78. The van der Waals surface area contributed by atoms with E-state index >= 15 is 0 Å². The van der Waals surface area contributed by atoms with Crippen LogP contribution in [0, 0.1) is 12.7 Å². The first-order valence-electron chi connectivity index (χ1n) is 8.29. The first kappa shape index (κ1) is 17.6. The molecule has 26 heavy (non-hydrogen) atoms. The van der Waals surface area contributed by atoms with E-state index < -0.39 is 5.82 Å². The quantitative estimate of drug-likeness (QED) is 0.725. The van der Waals surface area contributed by atoms with Gasteiger partial charge in [-0.3, -0.25) is 9.78 Å². The van der Waals surface area contributed by atoms with Gasteiger partial charge < -0.3 is 10.1 Å². The van der Waals surface area contributed by atoms with Crippen LogP contribution in [0.4, 0.5) is 4.39 Å². The fourth-order valence-electron chi connectivity index (χ4n) is 2.43. The van der Waals surface area contributed by atoms with Crippen LogP contribution < -0.4 is 10.1 Å². The van der Waals surface area contributed by atoms with Crippen LogP contribution in [0.1, 0.15) is 16.7 Å². The van der Waals surface area contributed by atoms with Crippen molar-refractivity contribution in [3.63, 3.8) is 0 Å². The average Bonchev–Trinajstić information content (AvgIpc) is 2.65.